The summed E-state index contributed by atoms with van der Waals surface area (Å²) in [6, 6.07) is 24.2. The largest absolute Gasteiger partial charge is 0.306 e. The second-order valence-electron chi connectivity index (χ2n) is 10.2. The molecular weight excluding hydrogens is 553 g/mol. The van der Waals surface area contributed by atoms with Crippen molar-refractivity contribution >= 4 is 38.9 Å². The number of halogens is 2. The lowest BCUT2D eigenvalue weighted by Gasteiger charge is -2.29. The van der Waals surface area contributed by atoms with Crippen LogP contribution < -0.4 is 10.0 Å². The van der Waals surface area contributed by atoms with Crippen molar-refractivity contribution in [2.75, 3.05) is 39.8 Å². The molecule has 0 radical (unpaired) electrons. The van der Waals surface area contributed by atoms with Gasteiger partial charge in [-0.05, 0) is 73.5 Å². The maximum absolute atomic E-state index is 13.1. The quantitative estimate of drug-likeness (QED) is 0.362. The first-order chi connectivity index (χ1) is 18.8. The van der Waals surface area contributed by atoms with Crippen LogP contribution in [0.25, 0.3) is 0 Å². The predicted molar refractivity (Wildman–Crippen MR) is 158 cm³/mol. The number of sulfonamides is 1. The average molecular weight is 587 g/mol. The molecule has 0 aromatic heterocycles. The predicted octanol–water partition coefficient (Wildman–Crippen LogP) is 4.64. The highest BCUT2D eigenvalue weighted by molar-refractivity contribution is 7.89. The fourth-order valence-electron chi connectivity index (χ4n) is 5.21. The van der Waals surface area contributed by atoms with Crippen LogP contribution in [0.2, 0.25) is 10.0 Å². The Morgan fingerprint density at radius 2 is 1.62 bits per heavy atom. The monoisotopic (exact) mass is 585 g/mol. The molecule has 39 heavy (non-hydrogen) atoms. The van der Waals surface area contributed by atoms with E-state index in [1.165, 1.54) is 12.1 Å². The van der Waals surface area contributed by atoms with Gasteiger partial charge in [0.25, 0.3) is 0 Å². The van der Waals surface area contributed by atoms with Crippen LogP contribution in [0.3, 0.4) is 0 Å². The molecule has 7 nitrogen and oxygen atoms in total. The van der Waals surface area contributed by atoms with Crippen molar-refractivity contribution in [3.8, 4) is 0 Å². The lowest BCUT2D eigenvalue weighted by atomic mass is 9.90. The van der Waals surface area contributed by atoms with E-state index in [1.54, 1.807) is 12.1 Å². The molecule has 1 saturated heterocycles. The van der Waals surface area contributed by atoms with Crippen molar-refractivity contribution in [3.05, 3.63) is 100 Å². The summed E-state index contributed by atoms with van der Waals surface area (Å²) in [5, 5.41) is 11.9. The van der Waals surface area contributed by atoms with Crippen LogP contribution in [0.15, 0.2) is 88.9 Å². The molecule has 0 saturated carbocycles. The molecule has 3 atom stereocenters. The van der Waals surface area contributed by atoms with Crippen molar-refractivity contribution in [3.63, 3.8) is 0 Å². The molecule has 3 aromatic rings. The summed E-state index contributed by atoms with van der Waals surface area (Å²) >= 11 is 12.1. The van der Waals surface area contributed by atoms with E-state index in [2.05, 4.69) is 34.1 Å². The number of rotatable bonds is 10. The Bertz CT molecular complexity index is 1390. The van der Waals surface area contributed by atoms with Crippen molar-refractivity contribution in [2.45, 2.75) is 23.4 Å². The van der Waals surface area contributed by atoms with Gasteiger partial charge in [-0.15, -0.1) is 0 Å². The van der Waals surface area contributed by atoms with E-state index < -0.39 is 10.0 Å². The molecule has 1 fully saturated rings. The molecule has 2 N–H and O–H groups in total. The number of likely N-dealkylation sites (tertiary alicyclic amines) is 1. The Morgan fingerprint density at radius 3 is 2.26 bits per heavy atom. The van der Waals surface area contributed by atoms with E-state index in [0.717, 1.165) is 42.9 Å². The third kappa shape index (κ3) is 7.01. The number of nitrogens with zero attached hydrogens (tertiary/aromatic N) is 3. The van der Waals surface area contributed by atoms with Gasteiger partial charge in [-0.25, -0.2) is 13.1 Å². The summed E-state index contributed by atoms with van der Waals surface area (Å²) in [6.07, 6.45) is 0.771. The van der Waals surface area contributed by atoms with Gasteiger partial charge in [0.2, 0.25) is 10.0 Å². The number of hydrogen-bond acceptors (Lipinski definition) is 6. The fourth-order valence-corrected chi connectivity index (χ4v) is 6.50. The summed E-state index contributed by atoms with van der Waals surface area (Å²) in [7, 11) is -1.60. The van der Waals surface area contributed by atoms with Crippen LogP contribution in [0.4, 0.5) is 0 Å². The first-order valence-corrected chi connectivity index (χ1v) is 15.4. The number of benzene rings is 3. The zero-order valence-corrected chi connectivity index (χ0v) is 24.1. The van der Waals surface area contributed by atoms with Crippen LogP contribution in [-0.4, -0.2) is 70.0 Å². The molecular formula is C29H33Cl2N5O2S. The van der Waals surface area contributed by atoms with Crippen LogP contribution in [-0.2, 0) is 10.0 Å². The second kappa shape index (κ2) is 12.4. The van der Waals surface area contributed by atoms with Gasteiger partial charge in [0, 0.05) is 35.6 Å². The van der Waals surface area contributed by atoms with E-state index in [1.807, 2.05) is 47.5 Å². The molecule has 3 unspecified atom stereocenters. The second-order valence-corrected chi connectivity index (χ2v) is 12.9. The zero-order chi connectivity index (χ0) is 27.4. The van der Waals surface area contributed by atoms with Crippen LogP contribution >= 0.6 is 23.2 Å². The van der Waals surface area contributed by atoms with Gasteiger partial charge in [-0.3, -0.25) is 10.3 Å². The third-order valence-corrected chi connectivity index (χ3v) is 9.30. The number of nitrogens with one attached hydrogen (secondary N) is 2. The van der Waals surface area contributed by atoms with Crippen molar-refractivity contribution in [2.24, 2.45) is 11.0 Å². The van der Waals surface area contributed by atoms with Gasteiger partial charge < -0.3 is 4.90 Å². The van der Waals surface area contributed by atoms with Gasteiger partial charge in [-0.2, -0.15) is 5.10 Å². The molecule has 2 aliphatic rings. The Kier molecular flexibility index (Phi) is 8.91. The number of hydrazone groups is 1. The molecule has 0 amide bonds. The van der Waals surface area contributed by atoms with Crippen molar-refractivity contribution in [1.82, 2.24) is 19.9 Å². The minimum absolute atomic E-state index is 0.0298. The Balaban J connectivity index is 1.41. The van der Waals surface area contributed by atoms with E-state index in [0.29, 0.717) is 22.5 Å². The summed E-state index contributed by atoms with van der Waals surface area (Å²) in [5.74, 6) is 0.528. The molecule has 5 rings (SSSR count). The average Bonchev–Trinajstić information content (AvgIpc) is 3.56. The summed E-state index contributed by atoms with van der Waals surface area (Å²) < 4.78 is 29.0. The third-order valence-electron chi connectivity index (χ3n) is 7.36. The van der Waals surface area contributed by atoms with Gasteiger partial charge in [-0.1, -0.05) is 65.7 Å². The Labute approximate surface area is 240 Å². The SMILES string of the molecule is CN1CCC(CNC(CNS(=O)(=O)c2ccc(Cl)cc2)N2CC(c3ccccc3)C(c3ccc(Cl)cc3)=N2)C1. The highest BCUT2D eigenvalue weighted by Crippen LogP contribution is 2.30. The summed E-state index contributed by atoms with van der Waals surface area (Å²) in [5.41, 5.74) is 3.09. The minimum Gasteiger partial charge on any atom is -0.306 e. The normalized spacial score (nSPS) is 20.8. The molecule has 10 heteroatoms. The zero-order valence-electron chi connectivity index (χ0n) is 21.8. The van der Waals surface area contributed by atoms with Gasteiger partial charge in [0.15, 0.2) is 0 Å². The minimum atomic E-state index is -3.73. The summed E-state index contributed by atoms with van der Waals surface area (Å²) in [4.78, 5) is 2.50. The lowest BCUT2D eigenvalue weighted by molar-refractivity contribution is 0.179. The molecule has 0 spiro atoms. The Hall–Kier alpha value is -2.46. The maximum Gasteiger partial charge on any atom is 0.240 e. The van der Waals surface area contributed by atoms with Crippen molar-refractivity contribution in [1.29, 1.82) is 0 Å². The van der Waals surface area contributed by atoms with Crippen LogP contribution in [0, 0.1) is 5.92 Å². The highest BCUT2D eigenvalue weighted by atomic mass is 35.5. The van der Waals surface area contributed by atoms with E-state index in [4.69, 9.17) is 28.3 Å². The van der Waals surface area contributed by atoms with Gasteiger partial charge in [0.1, 0.15) is 6.17 Å². The van der Waals surface area contributed by atoms with E-state index in [9.17, 15) is 8.42 Å². The first kappa shape index (κ1) is 28.1. The number of hydrogen-bond donors (Lipinski definition) is 2. The van der Waals surface area contributed by atoms with E-state index >= 15 is 0 Å². The fraction of sp³-hybridized carbons (Fsp3) is 0.345. The molecule has 0 aliphatic carbocycles. The molecule has 0 bridgehead atoms. The van der Waals surface area contributed by atoms with Crippen LogP contribution in [0.5, 0.6) is 0 Å². The maximum atomic E-state index is 13.1. The van der Waals surface area contributed by atoms with Crippen LogP contribution in [0.1, 0.15) is 23.5 Å². The molecule has 3 aromatic carbocycles. The topological polar surface area (TPSA) is 77.0 Å². The molecule has 2 heterocycles. The standard InChI is InChI=1S/C29H33Cl2N5O2S/c1-35-16-15-21(19-35)17-32-28(18-33-39(37,38)26-13-11-25(31)12-14-26)36-20-27(22-5-3-2-4-6-22)29(34-36)23-7-9-24(30)10-8-23/h2-14,21,27-28,32-33H,15-20H2,1H3. The Morgan fingerprint density at radius 1 is 0.949 bits per heavy atom. The van der Waals surface area contributed by atoms with E-state index in [-0.39, 0.29) is 23.5 Å². The highest BCUT2D eigenvalue weighted by Gasteiger charge is 2.34. The van der Waals surface area contributed by atoms with Crippen molar-refractivity contribution < 1.29 is 8.42 Å². The smallest absolute Gasteiger partial charge is 0.240 e. The summed E-state index contributed by atoms with van der Waals surface area (Å²) in [6.45, 7) is 3.64. The molecule has 2 aliphatic heterocycles. The molecule has 206 valence electrons. The lowest BCUT2D eigenvalue weighted by Crippen LogP contribution is -2.51. The van der Waals surface area contributed by atoms with Gasteiger partial charge >= 0.3 is 0 Å². The first-order valence-electron chi connectivity index (χ1n) is 13.1. The van der Waals surface area contributed by atoms with Gasteiger partial charge in [0.05, 0.1) is 17.2 Å².